The molecular weight excluding hydrogens is 476 g/mol. The maximum absolute atomic E-state index is 12.6. The maximum Gasteiger partial charge on any atom is 0.348 e. The van der Waals surface area contributed by atoms with E-state index in [4.69, 9.17) is 16.3 Å². The number of ether oxygens (including phenoxy) is 1. The van der Waals surface area contributed by atoms with Gasteiger partial charge in [0.05, 0.1) is 35.2 Å². The van der Waals surface area contributed by atoms with Gasteiger partial charge in [0.25, 0.3) is 5.56 Å². The zero-order valence-electron chi connectivity index (χ0n) is 17.6. The van der Waals surface area contributed by atoms with Crippen molar-refractivity contribution in [2.24, 2.45) is 0 Å². The van der Waals surface area contributed by atoms with Gasteiger partial charge in [-0.05, 0) is 44.9 Å². The lowest BCUT2D eigenvalue weighted by Crippen LogP contribution is -2.12. The molecule has 3 aromatic rings. The predicted molar refractivity (Wildman–Crippen MR) is 124 cm³/mol. The number of nitrogens with one attached hydrogen (secondary N) is 1. The fourth-order valence-corrected chi connectivity index (χ4v) is 6.87. The van der Waals surface area contributed by atoms with E-state index in [1.807, 2.05) is 0 Å². The summed E-state index contributed by atoms with van der Waals surface area (Å²) in [5.41, 5.74) is 1.44. The van der Waals surface area contributed by atoms with Gasteiger partial charge in [-0.1, -0.05) is 11.6 Å². The number of aryl methyl sites for hydroxylation is 2. The second-order valence-corrected chi connectivity index (χ2v) is 11.1. The average molecular weight is 497 g/mol. The van der Waals surface area contributed by atoms with Gasteiger partial charge in [0.2, 0.25) is 0 Å². The Kier molecular flexibility index (Phi) is 5.99. The summed E-state index contributed by atoms with van der Waals surface area (Å²) in [5.74, 6) is -0.0422. The predicted octanol–water partition coefficient (Wildman–Crippen LogP) is 3.16. The van der Waals surface area contributed by atoms with Crippen LogP contribution < -0.4 is 5.56 Å². The van der Waals surface area contributed by atoms with E-state index in [9.17, 15) is 18.0 Å². The summed E-state index contributed by atoms with van der Waals surface area (Å²) in [6.45, 7) is 5.43. The van der Waals surface area contributed by atoms with Crippen LogP contribution in [0.15, 0.2) is 4.79 Å². The number of carbonyl (C=O) groups excluding carboxylic acids is 1. The summed E-state index contributed by atoms with van der Waals surface area (Å²) in [4.78, 5) is 32.7. The van der Waals surface area contributed by atoms with Gasteiger partial charge >= 0.3 is 5.97 Å². The molecule has 32 heavy (non-hydrogen) atoms. The van der Waals surface area contributed by atoms with Gasteiger partial charge in [-0.2, -0.15) is 5.10 Å². The lowest BCUT2D eigenvalue weighted by molar-refractivity contribution is 0.0531. The number of hydrogen-bond acceptors (Lipinski definition) is 8. The molecule has 1 aliphatic rings. The minimum Gasteiger partial charge on any atom is -0.462 e. The summed E-state index contributed by atoms with van der Waals surface area (Å²) in [6.07, 6.45) is 3.76. The van der Waals surface area contributed by atoms with Crippen LogP contribution in [0.25, 0.3) is 22.4 Å². The molecule has 170 valence electrons. The average Bonchev–Trinajstić information content (AvgIpc) is 3.34. The third-order valence-electron chi connectivity index (χ3n) is 5.31. The second-order valence-electron chi connectivity index (χ2n) is 7.53. The first-order valence-corrected chi connectivity index (χ1v) is 13.0. The fourth-order valence-electron chi connectivity index (χ4n) is 3.72. The number of rotatable bonds is 5. The third kappa shape index (κ3) is 4.12. The van der Waals surface area contributed by atoms with E-state index in [0.717, 1.165) is 11.3 Å². The number of aromatic amines is 1. The number of nitrogens with zero attached hydrogens (tertiary/aromatic N) is 3. The van der Waals surface area contributed by atoms with Gasteiger partial charge in [0.15, 0.2) is 9.84 Å². The topological polar surface area (TPSA) is 124 Å². The molecule has 0 radical (unpaired) electrons. The van der Waals surface area contributed by atoms with E-state index < -0.39 is 15.8 Å². The van der Waals surface area contributed by atoms with E-state index >= 15 is 0 Å². The number of H-pyrrole nitrogens is 1. The normalized spacial score (nSPS) is 18.1. The van der Waals surface area contributed by atoms with Crippen LogP contribution in [0.4, 0.5) is 0 Å². The molecule has 1 N–H and O–H groups in total. The Morgan fingerprint density at radius 3 is 2.78 bits per heavy atom. The largest absolute Gasteiger partial charge is 0.462 e. The van der Waals surface area contributed by atoms with Crippen LogP contribution in [0.3, 0.4) is 0 Å². The van der Waals surface area contributed by atoms with Crippen LogP contribution in [-0.4, -0.2) is 52.2 Å². The molecule has 1 atom stereocenters. The SMILES string of the molecule is CCOC(=O)c1sc2nc(/C=C/c3c(C)nn(C4CCS(=O)(=O)C4)c3Cl)[nH]c(=O)c2c1C. The highest BCUT2D eigenvalue weighted by molar-refractivity contribution is 7.91. The summed E-state index contributed by atoms with van der Waals surface area (Å²) < 4.78 is 30.2. The van der Waals surface area contributed by atoms with Crippen LogP contribution in [0.5, 0.6) is 0 Å². The lowest BCUT2D eigenvalue weighted by Gasteiger charge is -2.09. The zero-order valence-corrected chi connectivity index (χ0v) is 20.0. The zero-order chi connectivity index (χ0) is 23.2. The number of esters is 1. The first kappa shape index (κ1) is 22.7. The van der Waals surface area contributed by atoms with Crippen molar-refractivity contribution < 1.29 is 17.9 Å². The summed E-state index contributed by atoms with van der Waals surface area (Å²) in [6, 6.07) is -0.293. The standard InChI is InChI=1S/C20H21ClN4O5S2/c1-4-30-20(27)16-10(2)15-18(26)22-14(23-19(15)31-16)6-5-13-11(3)24-25(17(13)21)12-7-8-32(28,29)9-12/h5-6,12H,4,7-9H2,1-3H3,(H,22,23,26)/b6-5+. The van der Waals surface area contributed by atoms with Crippen molar-refractivity contribution in [1.29, 1.82) is 0 Å². The molecule has 0 bridgehead atoms. The molecule has 3 aromatic heterocycles. The number of sulfone groups is 1. The van der Waals surface area contributed by atoms with Gasteiger partial charge in [-0.15, -0.1) is 11.3 Å². The van der Waals surface area contributed by atoms with Crippen molar-refractivity contribution in [2.75, 3.05) is 18.1 Å². The highest BCUT2D eigenvalue weighted by Gasteiger charge is 2.31. The molecule has 1 unspecified atom stereocenters. The fraction of sp³-hybridized carbons (Fsp3) is 0.400. The first-order chi connectivity index (χ1) is 15.1. The van der Waals surface area contributed by atoms with Gasteiger partial charge in [0.1, 0.15) is 20.7 Å². The van der Waals surface area contributed by atoms with E-state index in [1.54, 1.807) is 37.6 Å². The molecule has 4 rings (SSSR count). The smallest absolute Gasteiger partial charge is 0.348 e. The Bertz CT molecular complexity index is 1420. The van der Waals surface area contributed by atoms with Crippen LogP contribution in [0, 0.1) is 13.8 Å². The van der Waals surface area contributed by atoms with Crippen molar-refractivity contribution in [2.45, 2.75) is 33.2 Å². The Labute approximate surface area is 193 Å². The Hall–Kier alpha value is -2.50. The molecule has 12 heteroatoms. The van der Waals surface area contributed by atoms with E-state index in [1.165, 1.54) is 0 Å². The minimum atomic E-state index is -3.08. The minimum absolute atomic E-state index is 0.0169. The highest BCUT2D eigenvalue weighted by Crippen LogP contribution is 2.31. The molecule has 1 aliphatic heterocycles. The molecule has 0 aliphatic carbocycles. The van der Waals surface area contributed by atoms with Gasteiger partial charge < -0.3 is 9.72 Å². The molecule has 0 aromatic carbocycles. The molecular formula is C20H21ClN4O5S2. The molecule has 1 fully saturated rings. The maximum atomic E-state index is 12.6. The van der Waals surface area contributed by atoms with E-state index in [2.05, 4.69) is 15.1 Å². The summed E-state index contributed by atoms with van der Waals surface area (Å²) in [5, 5.41) is 5.11. The number of aromatic nitrogens is 4. The van der Waals surface area contributed by atoms with Gasteiger partial charge in [-0.3, -0.25) is 4.79 Å². The van der Waals surface area contributed by atoms with Gasteiger partial charge in [-0.25, -0.2) is 22.9 Å². The quantitative estimate of drug-likeness (QED) is 0.538. The number of thiophene rings is 1. The molecule has 0 amide bonds. The number of halogens is 1. The van der Waals surface area contributed by atoms with Crippen molar-refractivity contribution in [1.82, 2.24) is 19.7 Å². The van der Waals surface area contributed by atoms with Gasteiger partial charge in [0, 0.05) is 5.56 Å². The summed E-state index contributed by atoms with van der Waals surface area (Å²) in [7, 11) is -3.08. The van der Waals surface area contributed by atoms with Crippen molar-refractivity contribution in [3.8, 4) is 0 Å². The Balaban J connectivity index is 1.67. The molecule has 0 spiro atoms. The third-order valence-corrected chi connectivity index (χ3v) is 8.61. The first-order valence-electron chi connectivity index (χ1n) is 9.95. The number of fused-ring (bicyclic) bond motifs is 1. The molecule has 0 saturated carbocycles. The van der Waals surface area contributed by atoms with E-state index in [0.29, 0.717) is 49.3 Å². The Morgan fingerprint density at radius 1 is 1.38 bits per heavy atom. The van der Waals surface area contributed by atoms with Crippen LogP contribution in [0.1, 0.15) is 51.7 Å². The summed E-state index contributed by atoms with van der Waals surface area (Å²) >= 11 is 7.61. The van der Waals surface area contributed by atoms with Crippen LogP contribution in [0.2, 0.25) is 5.15 Å². The van der Waals surface area contributed by atoms with Crippen LogP contribution in [-0.2, 0) is 14.6 Å². The van der Waals surface area contributed by atoms with E-state index in [-0.39, 0.29) is 29.7 Å². The monoisotopic (exact) mass is 496 g/mol. The van der Waals surface area contributed by atoms with Crippen LogP contribution >= 0.6 is 22.9 Å². The number of hydrogen-bond donors (Lipinski definition) is 1. The lowest BCUT2D eigenvalue weighted by atomic mass is 10.2. The Morgan fingerprint density at radius 2 is 2.12 bits per heavy atom. The second kappa shape index (κ2) is 8.45. The van der Waals surface area contributed by atoms with Crippen molar-refractivity contribution in [3.05, 3.63) is 43.0 Å². The van der Waals surface area contributed by atoms with Crippen molar-refractivity contribution >= 4 is 61.1 Å². The molecule has 4 heterocycles. The number of carbonyl (C=O) groups is 1. The highest BCUT2D eigenvalue weighted by atomic mass is 35.5. The molecule has 9 nitrogen and oxygen atoms in total. The molecule has 1 saturated heterocycles. The van der Waals surface area contributed by atoms with Crippen molar-refractivity contribution in [3.63, 3.8) is 0 Å².